The number of piperazine rings is 1. The summed E-state index contributed by atoms with van der Waals surface area (Å²) in [6.45, 7) is 0.380. The topological polar surface area (TPSA) is 114 Å². The summed E-state index contributed by atoms with van der Waals surface area (Å²) >= 11 is 0. The molecule has 2 amide bonds. The van der Waals surface area contributed by atoms with Gasteiger partial charge in [0.1, 0.15) is 18.7 Å². The van der Waals surface area contributed by atoms with Crippen molar-refractivity contribution in [3.63, 3.8) is 0 Å². The summed E-state index contributed by atoms with van der Waals surface area (Å²) in [6, 6.07) is 2.96. The van der Waals surface area contributed by atoms with Gasteiger partial charge in [-0.05, 0) is 12.1 Å². The highest BCUT2D eigenvalue weighted by Crippen LogP contribution is 2.15. The molecule has 2 aromatic heterocycles. The molecule has 1 unspecified atom stereocenters. The minimum absolute atomic E-state index is 0.122. The Morgan fingerprint density at radius 3 is 3.10 bits per heavy atom. The fourth-order valence-electron chi connectivity index (χ4n) is 1.97. The molecule has 0 radical (unpaired) electrons. The number of carbonyl (C=O) groups excluding carboxylic acids is 2. The molecule has 2 aromatic rings. The molecule has 108 valence electrons. The van der Waals surface area contributed by atoms with Crippen molar-refractivity contribution >= 4 is 17.5 Å². The Morgan fingerprint density at radius 1 is 1.48 bits per heavy atom. The van der Waals surface area contributed by atoms with E-state index in [2.05, 4.69) is 31.0 Å². The van der Waals surface area contributed by atoms with Crippen LogP contribution in [0.5, 0.6) is 0 Å². The van der Waals surface area contributed by atoms with Crippen molar-refractivity contribution in [1.82, 2.24) is 30.4 Å². The van der Waals surface area contributed by atoms with Gasteiger partial charge in [0.15, 0.2) is 5.82 Å². The smallest absolute Gasteiger partial charge is 0.243 e. The molecule has 1 aliphatic heterocycles. The number of hydrogen-bond acceptors (Lipinski definition) is 6. The van der Waals surface area contributed by atoms with Crippen LogP contribution in [0.25, 0.3) is 5.82 Å². The summed E-state index contributed by atoms with van der Waals surface area (Å²) in [6.07, 6.45) is 4.49. The number of anilines is 1. The second kappa shape index (κ2) is 5.67. The molecule has 1 fully saturated rings. The summed E-state index contributed by atoms with van der Waals surface area (Å²) in [4.78, 5) is 31.3. The van der Waals surface area contributed by atoms with Gasteiger partial charge in [0.25, 0.3) is 0 Å². The van der Waals surface area contributed by atoms with Crippen molar-refractivity contribution in [2.24, 2.45) is 0 Å². The molecule has 0 saturated carbocycles. The van der Waals surface area contributed by atoms with Crippen LogP contribution in [0.2, 0.25) is 0 Å². The van der Waals surface area contributed by atoms with Gasteiger partial charge in [-0.1, -0.05) is 0 Å². The van der Waals surface area contributed by atoms with E-state index in [1.807, 2.05) is 0 Å². The Kier molecular flexibility index (Phi) is 3.56. The van der Waals surface area contributed by atoms with Crippen LogP contribution in [0.3, 0.4) is 0 Å². The predicted molar refractivity (Wildman–Crippen MR) is 72.6 cm³/mol. The highest BCUT2D eigenvalue weighted by atomic mass is 16.2. The quantitative estimate of drug-likeness (QED) is 0.646. The van der Waals surface area contributed by atoms with Crippen LogP contribution in [0.1, 0.15) is 0 Å². The van der Waals surface area contributed by atoms with Gasteiger partial charge in [0.05, 0.1) is 12.2 Å². The lowest BCUT2D eigenvalue weighted by Crippen LogP contribution is -2.56. The van der Waals surface area contributed by atoms with Crippen molar-refractivity contribution in [3.8, 4) is 5.82 Å². The molecule has 9 heteroatoms. The first-order valence-corrected chi connectivity index (χ1v) is 6.35. The normalized spacial score (nSPS) is 18.1. The molecule has 0 spiro atoms. The Morgan fingerprint density at radius 2 is 2.38 bits per heavy atom. The fraction of sp³-hybridized carbons (Fsp3) is 0.250. The van der Waals surface area contributed by atoms with Gasteiger partial charge in [-0.25, -0.2) is 14.6 Å². The van der Waals surface area contributed by atoms with Gasteiger partial charge in [-0.15, -0.1) is 0 Å². The zero-order valence-electron chi connectivity index (χ0n) is 11.0. The van der Waals surface area contributed by atoms with Crippen molar-refractivity contribution in [2.75, 3.05) is 18.4 Å². The number of amides is 2. The Hall–Kier alpha value is -2.81. The SMILES string of the molecule is O=C1CNC(C(=O)Nc2cccnc2-n2cncn2)CN1. The molecule has 0 aromatic carbocycles. The van der Waals surface area contributed by atoms with Crippen LogP contribution < -0.4 is 16.0 Å². The van der Waals surface area contributed by atoms with E-state index < -0.39 is 6.04 Å². The Labute approximate surface area is 119 Å². The molecule has 1 aliphatic rings. The van der Waals surface area contributed by atoms with Crippen molar-refractivity contribution in [1.29, 1.82) is 0 Å². The van der Waals surface area contributed by atoms with Gasteiger partial charge in [0.2, 0.25) is 11.8 Å². The second-order valence-electron chi connectivity index (χ2n) is 4.44. The lowest BCUT2D eigenvalue weighted by Gasteiger charge is -2.23. The van der Waals surface area contributed by atoms with Gasteiger partial charge < -0.3 is 10.6 Å². The van der Waals surface area contributed by atoms with E-state index >= 15 is 0 Å². The number of pyridine rings is 1. The molecule has 21 heavy (non-hydrogen) atoms. The highest BCUT2D eigenvalue weighted by molar-refractivity contribution is 5.97. The molecular formula is C12H13N7O2. The Bertz CT molecular complexity index is 645. The first-order valence-electron chi connectivity index (χ1n) is 6.35. The first kappa shape index (κ1) is 13.2. The van der Waals surface area contributed by atoms with Gasteiger partial charge in [0, 0.05) is 12.7 Å². The molecule has 0 bridgehead atoms. The third kappa shape index (κ3) is 2.87. The zero-order valence-corrected chi connectivity index (χ0v) is 11.0. The summed E-state index contributed by atoms with van der Waals surface area (Å²) < 4.78 is 1.46. The molecule has 0 aliphatic carbocycles. The van der Waals surface area contributed by atoms with Crippen LogP contribution in [0.15, 0.2) is 31.0 Å². The van der Waals surface area contributed by atoms with E-state index in [4.69, 9.17) is 0 Å². The molecule has 3 N–H and O–H groups in total. The van der Waals surface area contributed by atoms with E-state index in [9.17, 15) is 9.59 Å². The number of aromatic nitrogens is 4. The van der Waals surface area contributed by atoms with E-state index in [0.717, 1.165) is 0 Å². The summed E-state index contributed by atoms with van der Waals surface area (Å²) in [5, 5.41) is 12.3. The fourth-order valence-corrected chi connectivity index (χ4v) is 1.97. The lowest BCUT2D eigenvalue weighted by molar-refractivity contribution is -0.124. The zero-order chi connectivity index (χ0) is 14.7. The average molecular weight is 287 g/mol. The molecule has 3 heterocycles. The van der Waals surface area contributed by atoms with E-state index in [1.165, 1.54) is 17.3 Å². The van der Waals surface area contributed by atoms with Crippen molar-refractivity contribution < 1.29 is 9.59 Å². The summed E-state index contributed by atoms with van der Waals surface area (Å²) in [7, 11) is 0. The van der Waals surface area contributed by atoms with Crippen molar-refractivity contribution in [3.05, 3.63) is 31.0 Å². The second-order valence-corrected chi connectivity index (χ2v) is 4.44. The first-order chi connectivity index (χ1) is 10.2. The lowest BCUT2D eigenvalue weighted by atomic mass is 10.2. The van der Waals surface area contributed by atoms with Crippen LogP contribution in [-0.4, -0.2) is 50.7 Å². The molecular weight excluding hydrogens is 274 g/mol. The highest BCUT2D eigenvalue weighted by Gasteiger charge is 2.24. The van der Waals surface area contributed by atoms with Crippen LogP contribution in [0, 0.1) is 0 Å². The Balaban J connectivity index is 1.76. The maximum Gasteiger partial charge on any atom is 0.243 e. The maximum atomic E-state index is 12.2. The third-order valence-electron chi connectivity index (χ3n) is 3.01. The van der Waals surface area contributed by atoms with Crippen LogP contribution in [-0.2, 0) is 9.59 Å². The summed E-state index contributed by atoms with van der Waals surface area (Å²) in [5.74, 6) is 0.108. The molecule has 3 rings (SSSR count). The largest absolute Gasteiger partial charge is 0.353 e. The van der Waals surface area contributed by atoms with Crippen molar-refractivity contribution in [2.45, 2.75) is 6.04 Å². The number of carbonyl (C=O) groups is 2. The average Bonchev–Trinajstić information content (AvgIpc) is 3.02. The van der Waals surface area contributed by atoms with E-state index in [0.29, 0.717) is 11.5 Å². The van der Waals surface area contributed by atoms with Gasteiger partial charge in [-0.2, -0.15) is 5.10 Å². The monoisotopic (exact) mass is 287 g/mol. The number of rotatable bonds is 3. The van der Waals surface area contributed by atoms with Crippen LogP contribution in [0.4, 0.5) is 5.69 Å². The predicted octanol–water partition coefficient (Wildman–Crippen LogP) is -1.31. The molecule has 9 nitrogen and oxygen atoms in total. The number of nitrogens with zero attached hydrogens (tertiary/aromatic N) is 4. The summed E-state index contributed by atoms with van der Waals surface area (Å²) in [5.41, 5.74) is 0.520. The van der Waals surface area contributed by atoms with Gasteiger partial charge >= 0.3 is 0 Å². The van der Waals surface area contributed by atoms with Gasteiger partial charge in [-0.3, -0.25) is 14.9 Å². The van der Waals surface area contributed by atoms with E-state index in [-0.39, 0.29) is 24.9 Å². The number of hydrogen-bond donors (Lipinski definition) is 3. The standard InChI is InChI=1S/C12H13N7O2/c20-10-5-15-9(4-16-10)12(21)18-8-2-1-3-14-11(8)19-7-13-6-17-19/h1-3,6-7,9,15H,4-5H2,(H,16,20)(H,18,21). The minimum atomic E-state index is -0.480. The van der Waals surface area contributed by atoms with E-state index in [1.54, 1.807) is 18.3 Å². The maximum absolute atomic E-state index is 12.2. The third-order valence-corrected chi connectivity index (χ3v) is 3.01. The minimum Gasteiger partial charge on any atom is -0.353 e. The molecule has 1 atom stereocenters. The van der Waals surface area contributed by atoms with Crippen LogP contribution >= 0.6 is 0 Å². The number of nitrogens with one attached hydrogen (secondary N) is 3. The molecule has 1 saturated heterocycles.